The zero-order chi connectivity index (χ0) is 20.1. The third-order valence-electron chi connectivity index (χ3n) is 3.03. The van der Waals surface area contributed by atoms with E-state index in [0.717, 1.165) is 6.07 Å². The summed E-state index contributed by atoms with van der Waals surface area (Å²) >= 11 is 0. The van der Waals surface area contributed by atoms with E-state index in [0.29, 0.717) is 11.1 Å². The summed E-state index contributed by atoms with van der Waals surface area (Å²) in [5.74, 6) is -2.14. The van der Waals surface area contributed by atoms with Crippen LogP contribution < -0.4 is 4.18 Å². The zero-order valence-electron chi connectivity index (χ0n) is 14.9. The molecule has 0 aromatic heterocycles. The predicted octanol–water partition coefficient (Wildman–Crippen LogP) is 2.07. The van der Waals surface area contributed by atoms with Gasteiger partial charge in [0, 0.05) is 0 Å². The average Bonchev–Trinajstić information content (AvgIpc) is 2.39. The number of rotatable bonds is 8. The van der Waals surface area contributed by atoms with Crippen LogP contribution in [0.25, 0.3) is 0 Å². The van der Waals surface area contributed by atoms with Gasteiger partial charge in [-0.15, -0.1) is 0 Å². The summed E-state index contributed by atoms with van der Waals surface area (Å²) in [6.45, 7) is 6.18. The molecular formula is C16H21FO8S. The number of halogens is 1. The molecule has 146 valence electrons. The van der Waals surface area contributed by atoms with Crippen LogP contribution in [0.1, 0.15) is 37.5 Å². The van der Waals surface area contributed by atoms with Gasteiger partial charge in [0.25, 0.3) is 0 Å². The first-order chi connectivity index (χ1) is 11.8. The first-order valence-corrected chi connectivity index (χ1v) is 8.85. The van der Waals surface area contributed by atoms with Gasteiger partial charge in [-0.25, -0.2) is 4.79 Å². The van der Waals surface area contributed by atoms with E-state index in [9.17, 15) is 21.9 Å². The highest BCUT2D eigenvalue weighted by atomic mass is 32.3. The van der Waals surface area contributed by atoms with E-state index in [1.54, 1.807) is 27.7 Å². The maximum absolute atomic E-state index is 12.8. The number of ether oxygens (including phenoxy) is 2. The van der Waals surface area contributed by atoms with Crippen molar-refractivity contribution in [3.05, 3.63) is 28.8 Å². The Morgan fingerprint density at radius 2 is 1.77 bits per heavy atom. The van der Waals surface area contributed by atoms with Gasteiger partial charge in [0.05, 0.1) is 13.0 Å². The average molecular weight is 392 g/mol. The Hall–Kier alpha value is -2.20. The van der Waals surface area contributed by atoms with Crippen LogP contribution in [0.3, 0.4) is 0 Å². The molecule has 0 atom stereocenters. The SMILES string of the molecule is Cc1c(COCC(=O)OC(C)(C)C)cc(OS(=O)(=O)F)cc1CC(=O)O. The molecule has 26 heavy (non-hydrogen) atoms. The molecule has 0 saturated heterocycles. The third-order valence-corrected chi connectivity index (χ3v) is 3.42. The highest BCUT2D eigenvalue weighted by Crippen LogP contribution is 2.25. The highest BCUT2D eigenvalue weighted by molar-refractivity contribution is 7.81. The standard InChI is InChI=1S/C16H21FO8S/c1-10-11(7-14(18)19)5-13(25-26(17,21)22)6-12(10)8-23-9-15(20)24-16(2,3)4/h5-6H,7-9H2,1-4H3,(H,18,19). The lowest BCUT2D eigenvalue weighted by Crippen LogP contribution is -2.26. The summed E-state index contributed by atoms with van der Waals surface area (Å²) in [5.41, 5.74) is 0.412. The van der Waals surface area contributed by atoms with E-state index < -0.39 is 34.5 Å². The monoisotopic (exact) mass is 392 g/mol. The fraction of sp³-hybridized carbons (Fsp3) is 0.500. The van der Waals surface area contributed by atoms with Crippen LogP contribution in [0.15, 0.2) is 12.1 Å². The number of esters is 1. The highest BCUT2D eigenvalue weighted by Gasteiger charge is 2.18. The number of carboxylic acid groups (broad SMARTS) is 1. The van der Waals surface area contributed by atoms with E-state index in [1.807, 2.05) is 0 Å². The maximum Gasteiger partial charge on any atom is 0.488 e. The Balaban J connectivity index is 2.96. The second-order valence-electron chi connectivity index (χ2n) is 6.49. The number of hydrogen-bond donors (Lipinski definition) is 1. The molecule has 0 fully saturated rings. The topological polar surface area (TPSA) is 116 Å². The van der Waals surface area contributed by atoms with Gasteiger partial charge in [-0.3, -0.25) is 4.79 Å². The molecule has 1 rings (SSSR count). The first kappa shape index (κ1) is 21.8. The Kier molecular flexibility index (Phi) is 7.10. The minimum absolute atomic E-state index is 0.152. The van der Waals surface area contributed by atoms with Gasteiger partial charge in [-0.05, 0) is 56.5 Å². The lowest BCUT2D eigenvalue weighted by atomic mass is 10.00. The Morgan fingerprint density at radius 3 is 2.27 bits per heavy atom. The number of carbonyl (C=O) groups is 2. The van der Waals surface area contributed by atoms with E-state index in [-0.39, 0.29) is 24.5 Å². The van der Waals surface area contributed by atoms with Crippen molar-refractivity contribution >= 4 is 22.4 Å². The van der Waals surface area contributed by atoms with E-state index in [2.05, 4.69) is 4.18 Å². The summed E-state index contributed by atoms with van der Waals surface area (Å²) in [4.78, 5) is 22.6. The largest absolute Gasteiger partial charge is 0.488 e. The molecule has 8 nitrogen and oxygen atoms in total. The number of benzene rings is 1. The van der Waals surface area contributed by atoms with Crippen LogP contribution in [0, 0.1) is 6.92 Å². The lowest BCUT2D eigenvalue weighted by molar-refractivity contribution is -0.160. The first-order valence-electron chi connectivity index (χ1n) is 7.54. The van der Waals surface area contributed by atoms with Gasteiger partial charge in [0.2, 0.25) is 0 Å². The molecule has 0 heterocycles. The molecule has 0 unspecified atom stereocenters. The molecule has 0 aliphatic rings. The van der Waals surface area contributed by atoms with Crippen LogP contribution in [0.4, 0.5) is 3.89 Å². The molecule has 0 spiro atoms. The summed E-state index contributed by atoms with van der Waals surface area (Å²) in [7, 11) is -5.27. The predicted molar refractivity (Wildman–Crippen MR) is 88.7 cm³/mol. The second-order valence-corrected chi connectivity index (χ2v) is 7.45. The number of carboxylic acids is 1. The van der Waals surface area contributed by atoms with Crippen LogP contribution in [-0.2, 0) is 42.6 Å². The quantitative estimate of drug-likeness (QED) is 0.528. The minimum atomic E-state index is -5.27. The van der Waals surface area contributed by atoms with Crippen LogP contribution in [-0.4, -0.2) is 37.7 Å². The lowest BCUT2D eigenvalue weighted by Gasteiger charge is -2.19. The van der Waals surface area contributed by atoms with E-state index >= 15 is 0 Å². The Labute approximate surface area is 151 Å². The molecule has 1 N–H and O–H groups in total. The van der Waals surface area contributed by atoms with E-state index in [4.69, 9.17) is 14.6 Å². The smallest absolute Gasteiger partial charge is 0.481 e. The molecule has 1 aromatic carbocycles. The minimum Gasteiger partial charge on any atom is -0.481 e. The van der Waals surface area contributed by atoms with E-state index in [1.165, 1.54) is 6.07 Å². The summed E-state index contributed by atoms with van der Waals surface area (Å²) in [6.07, 6.45) is -0.422. The van der Waals surface area contributed by atoms with Crippen LogP contribution >= 0.6 is 0 Å². The van der Waals surface area contributed by atoms with Gasteiger partial charge in [-0.2, -0.15) is 8.42 Å². The van der Waals surface area contributed by atoms with Crippen molar-refractivity contribution in [3.8, 4) is 5.75 Å². The van der Waals surface area contributed by atoms with Crippen molar-refractivity contribution in [2.24, 2.45) is 0 Å². The van der Waals surface area contributed by atoms with Gasteiger partial charge < -0.3 is 18.8 Å². The molecule has 0 bridgehead atoms. The molecule has 0 radical (unpaired) electrons. The number of aliphatic carboxylic acids is 1. The van der Waals surface area contributed by atoms with Crippen molar-refractivity contribution in [3.63, 3.8) is 0 Å². The second kappa shape index (κ2) is 8.45. The van der Waals surface area contributed by atoms with Crippen LogP contribution in [0.5, 0.6) is 5.75 Å². The Morgan fingerprint density at radius 1 is 1.19 bits per heavy atom. The van der Waals surface area contributed by atoms with Crippen molar-refractivity contribution < 1.29 is 40.7 Å². The fourth-order valence-corrected chi connectivity index (χ4v) is 2.41. The van der Waals surface area contributed by atoms with Gasteiger partial charge >= 0.3 is 22.4 Å². The van der Waals surface area contributed by atoms with Crippen molar-refractivity contribution in [1.82, 2.24) is 0 Å². The Bertz CT molecular complexity index is 780. The molecular weight excluding hydrogens is 371 g/mol. The molecule has 0 aliphatic carbocycles. The summed E-state index contributed by atoms with van der Waals surface area (Å²) in [5, 5.41) is 8.94. The number of carbonyl (C=O) groups excluding carboxylic acids is 1. The zero-order valence-corrected chi connectivity index (χ0v) is 15.7. The van der Waals surface area contributed by atoms with Gasteiger partial charge in [-0.1, -0.05) is 3.89 Å². The number of hydrogen-bond acceptors (Lipinski definition) is 7. The van der Waals surface area contributed by atoms with Crippen molar-refractivity contribution in [1.29, 1.82) is 0 Å². The van der Waals surface area contributed by atoms with Gasteiger partial charge in [0.15, 0.2) is 0 Å². The summed E-state index contributed by atoms with van der Waals surface area (Å²) in [6, 6.07) is 2.32. The molecule has 0 aliphatic heterocycles. The van der Waals surface area contributed by atoms with Crippen molar-refractivity contribution in [2.45, 2.75) is 46.3 Å². The van der Waals surface area contributed by atoms with Crippen LogP contribution in [0.2, 0.25) is 0 Å². The molecule has 10 heteroatoms. The van der Waals surface area contributed by atoms with Gasteiger partial charge in [0.1, 0.15) is 18.0 Å². The maximum atomic E-state index is 12.8. The fourth-order valence-electron chi connectivity index (χ4n) is 2.08. The molecule has 1 aromatic rings. The summed E-state index contributed by atoms with van der Waals surface area (Å²) < 4.78 is 48.6. The van der Waals surface area contributed by atoms with Crippen molar-refractivity contribution in [2.75, 3.05) is 6.61 Å². The normalized spacial score (nSPS) is 11.9. The third kappa shape index (κ3) is 8.26. The molecule has 0 amide bonds. The molecule has 0 saturated carbocycles.